The number of esters is 1. The van der Waals surface area contributed by atoms with Gasteiger partial charge in [0.05, 0.1) is 6.61 Å². The van der Waals surface area contributed by atoms with Crippen LogP contribution in [0, 0.1) is 5.92 Å². The summed E-state index contributed by atoms with van der Waals surface area (Å²) in [6.45, 7) is 2.24. The Morgan fingerprint density at radius 1 is 1.62 bits per heavy atom. The first kappa shape index (κ1) is 10.5. The fourth-order valence-electron chi connectivity index (χ4n) is 1.19. The molecule has 0 N–H and O–H groups in total. The van der Waals surface area contributed by atoms with Crippen molar-refractivity contribution >= 4 is 21.9 Å². The monoisotopic (exact) mass is 244 g/mol. The zero-order valence-electron chi connectivity index (χ0n) is 7.57. The van der Waals surface area contributed by atoms with Gasteiger partial charge in [0, 0.05) is 5.92 Å². The van der Waals surface area contributed by atoms with E-state index >= 15 is 0 Å². The lowest BCUT2D eigenvalue weighted by molar-refractivity contribution is -0.142. The zero-order valence-corrected chi connectivity index (χ0v) is 9.16. The fourth-order valence-corrected chi connectivity index (χ4v) is 1.67. The number of alkyl halides is 1. The van der Waals surface area contributed by atoms with Crippen molar-refractivity contribution in [1.82, 2.24) is 0 Å². The van der Waals surface area contributed by atoms with Crippen LogP contribution < -0.4 is 0 Å². The molecule has 1 aliphatic rings. The van der Waals surface area contributed by atoms with E-state index in [0.29, 0.717) is 6.61 Å². The molecule has 1 aliphatic carbocycles. The summed E-state index contributed by atoms with van der Waals surface area (Å²) >= 11 is 3.33. The molecule has 0 aromatic rings. The normalized spacial score (nSPS) is 18.6. The van der Waals surface area contributed by atoms with Gasteiger partial charge < -0.3 is 4.74 Å². The first-order chi connectivity index (χ1) is 6.25. The van der Waals surface area contributed by atoms with Crippen LogP contribution >= 0.6 is 15.9 Å². The standard InChI is InChI=1S/C10H13BrO2/c1-2-13-10(12)9(11)8-6-4-3-5-7-8/h4-9H,2-3H2,1H3. The van der Waals surface area contributed by atoms with Crippen molar-refractivity contribution in [2.24, 2.45) is 5.92 Å². The lowest BCUT2D eigenvalue weighted by Gasteiger charge is -2.16. The highest BCUT2D eigenvalue weighted by atomic mass is 79.9. The van der Waals surface area contributed by atoms with E-state index in [-0.39, 0.29) is 16.7 Å². The maximum atomic E-state index is 11.3. The van der Waals surface area contributed by atoms with Crippen molar-refractivity contribution in [1.29, 1.82) is 0 Å². The minimum atomic E-state index is -0.250. The number of carbonyl (C=O) groups is 1. The predicted molar refractivity (Wildman–Crippen MR) is 55.7 cm³/mol. The SMILES string of the molecule is CCOC(=O)C(Br)C1C=CCC=C1. The maximum absolute atomic E-state index is 11.3. The first-order valence-electron chi connectivity index (χ1n) is 4.39. The Hall–Kier alpha value is -0.570. The van der Waals surface area contributed by atoms with Crippen molar-refractivity contribution in [2.45, 2.75) is 18.2 Å². The molecule has 0 aromatic heterocycles. The number of carbonyl (C=O) groups excluding carboxylic acids is 1. The van der Waals surface area contributed by atoms with Crippen LogP contribution in [0.3, 0.4) is 0 Å². The predicted octanol–water partition coefficient (Wildman–Crippen LogP) is 2.45. The summed E-state index contributed by atoms with van der Waals surface area (Å²) < 4.78 is 4.90. The Labute approximate surface area is 86.8 Å². The number of hydrogen-bond acceptors (Lipinski definition) is 2. The van der Waals surface area contributed by atoms with E-state index in [2.05, 4.69) is 28.1 Å². The van der Waals surface area contributed by atoms with Crippen LogP contribution in [0.25, 0.3) is 0 Å². The van der Waals surface area contributed by atoms with Gasteiger partial charge >= 0.3 is 5.97 Å². The lowest BCUT2D eigenvalue weighted by Crippen LogP contribution is -2.24. The Kier molecular flexibility index (Phi) is 4.22. The van der Waals surface area contributed by atoms with Gasteiger partial charge in [-0.15, -0.1) is 0 Å². The van der Waals surface area contributed by atoms with Gasteiger partial charge in [-0.05, 0) is 13.3 Å². The van der Waals surface area contributed by atoms with Crippen LogP contribution in [0.4, 0.5) is 0 Å². The van der Waals surface area contributed by atoms with Gasteiger partial charge in [0.15, 0.2) is 0 Å². The minimum Gasteiger partial charge on any atom is -0.465 e. The zero-order chi connectivity index (χ0) is 9.68. The molecule has 0 aliphatic heterocycles. The summed E-state index contributed by atoms with van der Waals surface area (Å²) in [5, 5.41) is 0. The van der Waals surface area contributed by atoms with Crippen molar-refractivity contribution < 1.29 is 9.53 Å². The number of halogens is 1. The highest BCUT2D eigenvalue weighted by Gasteiger charge is 2.23. The molecule has 1 atom stereocenters. The molecule has 0 fully saturated rings. The summed E-state index contributed by atoms with van der Waals surface area (Å²) in [5.41, 5.74) is 0. The summed E-state index contributed by atoms with van der Waals surface area (Å²) in [6, 6.07) is 0. The van der Waals surface area contributed by atoms with E-state index < -0.39 is 0 Å². The van der Waals surface area contributed by atoms with E-state index in [4.69, 9.17) is 4.74 Å². The molecule has 0 amide bonds. The summed E-state index contributed by atoms with van der Waals surface area (Å²) in [6.07, 6.45) is 9.11. The third-order valence-electron chi connectivity index (χ3n) is 1.84. The van der Waals surface area contributed by atoms with Crippen LogP contribution in [-0.2, 0) is 9.53 Å². The maximum Gasteiger partial charge on any atom is 0.320 e. The average Bonchev–Trinajstić information content (AvgIpc) is 2.18. The van der Waals surface area contributed by atoms with Gasteiger partial charge in [0.25, 0.3) is 0 Å². The van der Waals surface area contributed by atoms with Gasteiger partial charge in [0.2, 0.25) is 0 Å². The van der Waals surface area contributed by atoms with E-state index in [0.717, 1.165) is 6.42 Å². The summed E-state index contributed by atoms with van der Waals surface area (Å²) in [4.78, 5) is 11.1. The molecule has 1 rings (SSSR count). The fraction of sp³-hybridized carbons (Fsp3) is 0.500. The van der Waals surface area contributed by atoms with Crippen LogP contribution in [0.2, 0.25) is 0 Å². The number of rotatable bonds is 3. The second-order valence-electron chi connectivity index (χ2n) is 2.82. The number of ether oxygens (including phenoxy) is 1. The molecule has 72 valence electrons. The number of hydrogen-bond donors (Lipinski definition) is 0. The highest BCUT2D eigenvalue weighted by Crippen LogP contribution is 2.21. The molecule has 3 heteroatoms. The summed E-state index contributed by atoms with van der Waals surface area (Å²) in [7, 11) is 0. The molecule has 0 spiro atoms. The van der Waals surface area contributed by atoms with Gasteiger partial charge in [0.1, 0.15) is 4.83 Å². The van der Waals surface area contributed by atoms with Gasteiger partial charge in [-0.1, -0.05) is 40.2 Å². The third-order valence-corrected chi connectivity index (χ3v) is 2.82. The topological polar surface area (TPSA) is 26.3 Å². The van der Waals surface area contributed by atoms with E-state index in [1.54, 1.807) is 0 Å². The third kappa shape index (κ3) is 2.99. The second kappa shape index (κ2) is 5.22. The van der Waals surface area contributed by atoms with Gasteiger partial charge in [-0.25, -0.2) is 0 Å². The van der Waals surface area contributed by atoms with Crippen molar-refractivity contribution in [3.8, 4) is 0 Å². The molecule has 2 nitrogen and oxygen atoms in total. The van der Waals surface area contributed by atoms with Crippen LogP contribution in [0.5, 0.6) is 0 Å². The molecule has 0 bridgehead atoms. The second-order valence-corrected chi connectivity index (χ2v) is 3.81. The Bertz CT molecular complexity index is 221. The summed E-state index contributed by atoms with van der Waals surface area (Å²) in [5.74, 6) is -0.0588. The molecule has 0 heterocycles. The van der Waals surface area contributed by atoms with Crippen molar-refractivity contribution in [3.05, 3.63) is 24.3 Å². The van der Waals surface area contributed by atoms with Crippen LogP contribution in [-0.4, -0.2) is 17.4 Å². The van der Waals surface area contributed by atoms with Crippen LogP contribution in [0.15, 0.2) is 24.3 Å². The molecule has 0 radical (unpaired) electrons. The Morgan fingerprint density at radius 2 is 2.23 bits per heavy atom. The number of allylic oxidation sites excluding steroid dienone is 4. The van der Waals surface area contributed by atoms with E-state index in [9.17, 15) is 4.79 Å². The van der Waals surface area contributed by atoms with Gasteiger partial charge in [-0.2, -0.15) is 0 Å². The molecule has 13 heavy (non-hydrogen) atoms. The van der Waals surface area contributed by atoms with E-state index in [1.165, 1.54) is 0 Å². The van der Waals surface area contributed by atoms with Crippen molar-refractivity contribution in [3.63, 3.8) is 0 Å². The minimum absolute atomic E-state index is 0.132. The molecular weight excluding hydrogens is 232 g/mol. The Morgan fingerprint density at radius 3 is 2.77 bits per heavy atom. The quantitative estimate of drug-likeness (QED) is 0.433. The molecule has 0 saturated carbocycles. The smallest absolute Gasteiger partial charge is 0.320 e. The molecule has 0 aromatic carbocycles. The van der Waals surface area contributed by atoms with Crippen LogP contribution in [0.1, 0.15) is 13.3 Å². The molecule has 0 saturated heterocycles. The molecular formula is C10H13BrO2. The van der Waals surface area contributed by atoms with E-state index in [1.807, 2.05) is 19.1 Å². The average molecular weight is 245 g/mol. The van der Waals surface area contributed by atoms with Crippen molar-refractivity contribution in [2.75, 3.05) is 6.61 Å². The highest BCUT2D eigenvalue weighted by molar-refractivity contribution is 9.10. The lowest BCUT2D eigenvalue weighted by atomic mass is 10.00. The Balaban J connectivity index is 2.50. The first-order valence-corrected chi connectivity index (χ1v) is 5.31. The van der Waals surface area contributed by atoms with Gasteiger partial charge in [-0.3, -0.25) is 4.79 Å². The molecule has 1 unspecified atom stereocenters. The largest absolute Gasteiger partial charge is 0.465 e.